The lowest BCUT2D eigenvalue weighted by Gasteiger charge is -2.32. The Labute approximate surface area is 228 Å². The third-order valence-corrected chi connectivity index (χ3v) is 8.16. The number of hydrogen-bond acceptors (Lipinski definition) is 4. The minimum Gasteiger partial charge on any atom is -0.352 e. The zero-order valence-electron chi connectivity index (χ0n) is 21.5. The molecule has 0 aliphatic heterocycles. The summed E-state index contributed by atoms with van der Waals surface area (Å²) in [5.74, 6) is -1.43. The summed E-state index contributed by atoms with van der Waals surface area (Å²) in [4.78, 5) is 28.1. The van der Waals surface area contributed by atoms with Crippen molar-refractivity contribution in [2.45, 2.75) is 50.7 Å². The van der Waals surface area contributed by atoms with Crippen LogP contribution in [0.2, 0.25) is 5.02 Å². The lowest BCUT2D eigenvalue weighted by molar-refractivity contribution is -0.139. The van der Waals surface area contributed by atoms with Gasteiger partial charge >= 0.3 is 0 Å². The van der Waals surface area contributed by atoms with Gasteiger partial charge in [0, 0.05) is 17.6 Å². The summed E-state index contributed by atoms with van der Waals surface area (Å²) in [6, 6.07) is 18.5. The van der Waals surface area contributed by atoms with Gasteiger partial charge in [0.25, 0.3) is 10.0 Å². The predicted octanol–water partition coefficient (Wildman–Crippen LogP) is 5.01. The van der Waals surface area contributed by atoms with E-state index in [-0.39, 0.29) is 29.1 Å². The van der Waals surface area contributed by atoms with Crippen molar-refractivity contribution >= 4 is 39.1 Å². The first-order chi connectivity index (χ1) is 18.0. The van der Waals surface area contributed by atoms with Crippen LogP contribution in [0.4, 0.5) is 10.1 Å². The number of benzene rings is 3. The molecule has 1 N–H and O–H groups in total. The molecular formula is C28H31ClFN3O4S. The first-order valence-corrected chi connectivity index (χ1v) is 14.0. The number of nitrogens with one attached hydrogen (secondary N) is 1. The van der Waals surface area contributed by atoms with E-state index >= 15 is 0 Å². The molecule has 0 aromatic heterocycles. The molecule has 7 nitrogen and oxygen atoms in total. The zero-order chi connectivity index (χ0) is 27.9. The van der Waals surface area contributed by atoms with Crippen LogP contribution >= 0.6 is 11.6 Å². The summed E-state index contributed by atoms with van der Waals surface area (Å²) in [7, 11) is -4.17. The quantitative estimate of drug-likeness (QED) is 0.358. The number of hydrogen-bond donors (Lipinski definition) is 1. The van der Waals surface area contributed by atoms with Crippen LogP contribution in [0.5, 0.6) is 0 Å². The van der Waals surface area contributed by atoms with E-state index in [4.69, 9.17) is 11.6 Å². The normalized spacial score (nSPS) is 12.9. The molecule has 10 heteroatoms. The molecular weight excluding hydrogens is 529 g/mol. The third-order valence-electron chi connectivity index (χ3n) is 6.14. The Hall–Kier alpha value is -3.43. The molecule has 3 aromatic rings. The number of anilines is 1. The van der Waals surface area contributed by atoms with Gasteiger partial charge in [-0.1, -0.05) is 54.9 Å². The minimum atomic E-state index is -4.17. The van der Waals surface area contributed by atoms with Crippen molar-refractivity contribution in [2.24, 2.45) is 0 Å². The molecule has 2 amide bonds. The van der Waals surface area contributed by atoms with E-state index in [0.717, 1.165) is 4.31 Å². The van der Waals surface area contributed by atoms with Crippen LogP contribution in [0.3, 0.4) is 0 Å². The van der Waals surface area contributed by atoms with Crippen LogP contribution in [0.25, 0.3) is 0 Å². The van der Waals surface area contributed by atoms with Gasteiger partial charge in [0.1, 0.15) is 18.4 Å². The van der Waals surface area contributed by atoms with Crippen LogP contribution in [0.15, 0.2) is 83.8 Å². The van der Waals surface area contributed by atoms with Crippen molar-refractivity contribution in [2.75, 3.05) is 10.8 Å². The zero-order valence-corrected chi connectivity index (χ0v) is 23.0. The van der Waals surface area contributed by atoms with Crippen LogP contribution in [0.1, 0.15) is 32.8 Å². The highest BCUT2D eigenvalue weighted by atomic mass is 35.5. The van der Waals surface area contributed by atoms with Gasteiger partial charge in [0.15, 0.2) is 0 Å². The molecule has 38 heavy (non-hydrogen) atoms. The summed E-state index contributed by atoms with van der Waals surface area (Å²) in [6.45, 7) is 4.75. The fourth-order valence-corrected chi connectivity index (χ4v) is 5.33. The van der Waals surface area contributed by atoms with Gasteiger partial charge in [-0.25, -0.2) is 12.8 Å². The second kappa shape index (κ2) is 12.9. The monoisotopic (exact) mass is 559 g/mol. The van der Waals surface area contributed by atoms with E-state index in [0.29, 0.717) is 17.0 Å². The fraction of sp³-hybridized carbons (Fsp3) is 0.286. The lowest BCUT2D eigenvalue weighted by atomic mass is 10.1. The van der Waals surface area contributed by atoms with E-state index in [2.05, 4.69) is 5.32 Å². The Balaban J connectivity index is 2.01. The van der Waals surface area contributed by atoms with Crippen molar-refractivity contribution in [1.82, 2.24) is 10.2 Å². The topological polar surface area (TPSA) is 86.8 Å². The van der Waals surface area contributed by atoms with Gasteiger partial charge in [-0.05, 0) is 68.3 Å². The maximum absolute atomic E-state index is 13.8. The highest BCUT2D eigenvalue weighted by Gasteiger charge is 2.32. The van der Waals surface area contributed by atoms with Crippen LogP contribution in [-0.4, -0.2) is 43.8 Å². The number of carbonyl (C=O) groups excluding carboxylic acids is 2. The summed E-state index contributed by atoms with van der Waals surface area (Å²) < 4.78 is 41.8. The Kier molecular flexibility index (Phi) is 9.88. The van der Waals surface area contributed by atoms with E-state index in [1.54, 1.807) is 43.3 Å². The van der Waals surface area contributed by atoms with Gasteiger partial charge < -0.3 is 10.2 Å². The SMILES string of the molecule is CC[C@H](C)NC(=O)[C@@H](C)N(Cc1ccc(F)cc1)C(=O)CN(c1cccc(Cl)c1)S(=O)(=O)c1ccccc1. The van der Waals surface area contributed by atoms with Gasteiger partial charge in [0.05, 0.1) is 10.6 Å². The molecule has 0 aliphatic carbocycles. The molecule has 0 saturated carbocycles. The fourth-order valence-electron chi connectivity index (χ4n) is 3.71. The van der Waals surface area contributed by atoms with Crippen molar-refractivity contribution < 1.29 is 22.4 Å². The van der Waals surface area contributed by atoms with Crippen LogP contribution < -0.4 is 9.62 Å². The number of halogens is 2. The van der Waals surface area contributed by atoms with E-state index < -0.39 is 34.3 Å². The van der Waals surface area contributed by atoms with Crippen LogP contribution in [-0.2, 0) is 26.2 Å². The Morgan fingerprint density at radius 2 is 1.63 bits per heavy atom. The van der Waals surface area contributed by atoms with E-state index in [1.165, 1.54) is 47.4 Å². The third kappa shape index (κ3) is 7.33. The first kappa shape index (κ1) is 29.1. The number of amides is 2. The second-order valence-electron chi connectivity index (χ2n) is 8.95. The Bertz CT molecular complexity index is 1350. The van der Waals surface area contributed by atoms with Crippen molar-refractivity contribution in [3.8, 4) is 0 Å². The number of carbonyl (C=O) groups is 2. The predicted molar refractivity (Wildman–Crippen MR) is 147 cm³/mol. The average Bonchev–Trinajstić information content (AvgIpc) is 2.91. The Morgan fingerprint density at radius 1 is 0.974 bits per heavy atom. The molecule has 0 unspecified atom stereocenters. The van der Waals surface area contributed by atoms with Gasteiger partial charge in [-0.15, -0.1) is 0 Å². The maximum atomic E-state index is 13.8. The lowest BCUT2D eigenvalue weighted by Crippen LogP contribution is -2.52. The molecule has 3 aromatic carbocycles. The molecule has 0 bridgehead atoms. The molecule has 0 heterocycles. The summed E-state index contributed by atoms with van der Waals surface area (Å²) in [5, 5.41) is 3.16. The standard InChI is InChI=1S/C28H31ClFN3O4S/c1-4-20(2)31-28(35)21(3)32(18-22-13-15-24(30)16-14-22)27(34)19-33(25-10-8-9-23(29)17-25)38(36,37)26-11-6-5-7-12-26/h5-17,20-21H,4,18-19H2,1-3H3,(H,31,35)/t20-,21+/m0/s1. The van der Waals surface area contributed by atoms with Crippen molar-refractivity contribution in [3.63, 3.8) is 0 Å². The number of rotatable bonds is 11. The average molecular weight is 560 g/mol. The van der Waals surface area contributed by atoms with Crippen molar-refractivity contribution in [3.05, 3.63) is 95.3 Å². The first-order valence-electron chi connectivity index (χ1n) is 12.2. The summed E-state index contributed by atoms with van der Waals surface area (Å²) in [5.41, 5.74) is 0.788. The minimum absolute atomic E-state index is 0.000391. The molecule has 0 fully saturated rings. The Morgan fingerprint density at radius 3 is 2.24 bits per heavy atom. The molecule has 0 saturated heterocycles. The van der Waals surface area contributed by atoms with Crippen molar-refractivity contribution in [1.29, 1.82) is 0 Å². The number of nitrogens with zero attached hydrogens (tertiary/aromatic N) is 2. The largest absolute Gasteiger partial charge is 0.352 e. The van der Waals surface area contributed by atoms with Gasteiger partial charge in [-0.2, -0.15) is 0 Å². The van der Waals surface area contributed by atoms with Crippen LogP contribution in [0, 0.1) is 5.82 Å². The van der Waals surface area contributed by atoms with E-state index in [1.807, 2.05) is 13.8 Å². The number of sulfonamides is 1. The van der Waals surface area contributed by atoms with Gasteiger partial charge in [0.2, 0.25) is 11.8 Å². The smallest absolute Gasteiger partial charge is 0.264 e. The molecule has 3 rings (SSSR count). The van der Waals surface area contributed by atoms with E-state index in [9.17, 15) is 22.4 Å². The maximum Gasteiger partial charge on any atom is 0.264 e. The molecule has 202 valence electrons. The molecule has 0 radical (unpaired) electrons. The van der Waals surface area contributed by atoms with Gasteiger partial charge in [-0.3, -0.25) is 13.9 Å². The summed E-state index contributed by atoms with van der Waals surface area (Å²) >= 11 is 6.16. The highest BCUT2D eigenvalue weighted by molar-refractivity contribution is 7.92. The second-order valence-corrected chi connectivity index (χ2v) is 11.2. The molecule has 0 aliphatic rings. The molecule has 2 atom stereocenters. The highest BCUT2D eigenvalue weighted by Crippen LogP contribution is 2.26. The summed E-state index contributed by atoms with van der Waals surface area (Å²) in [6.07, 6.45) is 0.697. The molecule has 0 spiro atoms.